The molecule has 1 N–H and O–H groups in total. The van der Waals surface area contributed by atoms with E-state index in [4.69, 9.17) is 7.85 Å². The maximum absolute atomic E-state index is 5.70. The van der Waals surface area contributed by atoms with E-state index >= 15 is 0 Å². The minimum atomic E-state index is 0.743. The van der Waals surface area contributed by atoms with Gasteiger partial charge in [0.05, 0.1) is 7.85 Å². The van der Waals surface area contributed by atoms with Gasteiger partial charge in [-0.2, -0.15) is 0 Å². The summed E-state index contributed by atoms with van der Waals surface area (Å²) in [7, 11) is 5.70. The molecule has 0 bridgehead atoms. The van der Waals surface area contributed by atoms with Crippen LogP contribution in [0.1, 0.15) is 28.7 Å². The maximum Gasteiger partial charge on any atom is 0.0657 e. The molecule has 1 aromatic rings. The van der Waals surface area contributed by atoms with E-state index in [0.29, 0.717) is 0 Å². The molecule has 2 saturated heterocycles. The van der Waals surface area contributed by atoms with E-state index in [1.165, 1.54) is 62.3 Å². The number of likely N-dealkylation sites (tertiary alicyclic amines) is 1. The van der Waals surface area contributed by atoms with Gasteiger partial charge >= 0.3 is 0 Å². The average molecular weight is 296 g/mol. The summed E-state index contributed by atoms with van der Waals surface area (Å²) < 4.78 is 0. The van der Waals surface area contributed by atoms with Crippen LogP contribution < -0.4 is 5.32 Å². The quantitative estimate of drug-likeness (QED) is 0.812. The highest BCUT2D eigenvalue weighted by Crippen LogP contribution is 2.26. The number of benzene rings is 1. The van der Waals surface area contributed by atoms with Crippen LogP contribution in [0.5, 0.6) is 0 Å². The Morgan fingerprint density at radius 3 is 2.55 bits per heavy atom. The fourth-order valence-corrected chi connectivity index (χ4v) is 4.08. The van der Waals surface area contributed by atoms with Gasteiger partial charge in [0, 0.05) is 19.6 Å². The van der Waals surface area contributed by atoms with Crippen molar-refractivity contribution < 1.29 is 0 Å². The van der Waals surface area contributed by atoms with Crippen molar-refractivity contribution in [2.24, 2.45) is 11.8 Å². The summed E-state index contributed by atoms with van der Waals surface area (Å²) in [4.78, 5) is 2.65. The number of nitrogens with one attached hydrogen (secondary N) is 1. The second-order valence-electron chi connectivity index (χ2n) is 7.32. The Balaban J connectivity index is 1.51. The SMILES string of the molecule is [B]CCc1ccc(CC2CN(CC3CCNC3)C2)c(C)c1C. The van der Waals surface area contributed by atoms with Crippen LogP contribution in [0.3, 0.4) is 0 Å². The Hall–Kier alpha value is -0.795. The molecule has 0 aromatic heterocycles. The van der Waals surface area contributed by atoms with Crippen molar-refractivity contribution in [2.45, 2.75) is 39.4 Å². The van der Waals surface area contributed by atoms with E-state index in [1.807, 2.05) is 0 Å². The van der Waals surface area contributed by atoms with Crippen LogP contribution in [0.25, 0.3) is 0 Å². The van der Waals surface area contributed by atoms with Gasteiger partial charge in [-0.3, -0.25) is 0 Å². The number of rotatable bonds is 6. The molecule has 3 heteroatoms. The molecule has 22 heavy (non-hydrogen) atoms. The summed E-state index contributed by atoms with van der Waals surface area (Å²) in [5, 5.41) is 3.47. The lowest BCUT2D eigenvalue weighted by Gasteiger charge is -2.41. The summed E-state index contributed by atoms with van der Waals surface area (Å²) in [5.74, 6) is 1.74. The van der Waals surface area contributed by atoms with Gasteiger partial charge in [-0.05, 0) is 80.3 Å². The summed E-state index contributed by atoms with van der Waals surface area (Å²) in [5.41, 5.74) is 5.92. The summed E-state index contributed by atoms with van der Waals surface area (Å²) in [6, 6.07) is 4.64. The Labute approximate surface area is 137 Å². The van der Waals surface area contributed by atoms with E-state index in [2.05, 4.69) is 36.2 Å². The molecule has 1 aromatic carbocycles. The van der Waals surface area contributed by atoms with Gasteiger partial charge < -0.3 is 10.2 Å². The van der Waals surface area contributed by atoms with E-state index < -0.39 is 0 Å². The lowest BCUT2D eigenvalue weighted by Crippen LogP contribution is -2.49. The zero-order valence-corrected chi connectivity index (χ0v) is 14.2. The van der Waals surface area contributed by atoms with Crippen LogP contribution in [0, 0.1) is 25.7 Å². The zero-order chi connectivity index (χ0) is 15.5. The molecular formula is C19H29BN2. The highest BCUT2D eigenvalue weighted by molar-refractivity contribution is 6.08. The van der Waals surface area contributed by atoms with Crippen molar-refractivity contribution >= 4 is 7.85 Å². The first-order valence-electron chi connectivity index (χ1n) is 8.88. The molecule has 1 atom stereocenters. The number of aryl methyl sites for hydroxylation is 1. The minimum absolute atomic E-state index is 0.743. The molecule has 2 nitrogen and oxygen atoms in total. The molecule has 0 saturated carbocycles. The average Bonchev–Trinajstić information content (AvgIpc) is 2.97. The molecule has 118 valence electrons. The fourth-order valence-electron chi connectivity index (χ4n) is 4.08. The van der Waals surface area contributed by atoms with E-state index in [-0.39, 0.29) is 0 Å². The Morgan fingerprint density at radius 1 is 1.14 bits per heavy atom. The Kier molecular flexibility index (Phi) is 5.25. The second kappa shape index (κ2) is 7.19. The summed E-state index contributed by atoms with van der Waals surface area (Å²) in [6.07, 6.45) is 4.35. The maximum atomic E-state index is 5.70. The van der Waals surface area contributed by atoms with Gasteiger partial charge in [0.1, 0.15) is 0 Å². The highest BCUT2D eigenvalue weighted by atomic mass is 15.2. The summed E-state index contributed by atoms with van der Waals surface area (Å²) >= 11 is 0. The molecule has 2 heterocycles. The first-order chi connectivity index (χ1) is 10.7. The lowest BCUT2D eigenvalue weighted by molar-refractivity contribution is 0.0845. The molecular weight excluding hydrogens is 267 g/mol. The van der Waals surface area contributed by atoms with Crippen LogP contribution in [0.15, 0.2) is 12.1 Å². The van der Waals surface area contributed by atoms with E-state index in [0.717, 1.165) is 24.6 Å². The van der Waals surface area contributed by atoms with Gasteiger partial charge in [0.2, 0.25) is 0 Å². The topological polar surface area (TPSA) is 15.3 Å². The normalized spacial score (nSPS) is 22.9. The third kappa shape index (κ3) is 3.57. The van der Waals surface area contributed by atoms with Crippen molar-refractivity contribution in [2.75, 3.05) is 32.7 Å². The molecule has 2 radical (unpaired) electrons. The van der Waals surface area contributed by atoms with Crippen molar-refractivity contribution in [3.8, 4) is 0 Å². The first kappa shape index (κ1) is 16.1. The third-order valence-corrected chi connectivity index (χ3v) is 5.65. The minimum Gasteiger partial charge on any atom is -0.316 e. The van der Waals surface area contributed by atoms with Crippen molar-refractivity contribution in [3.05, 3.63) is 34.4 Å². The largest absolute Gasteiger partial charge is 0.316 e. The highest BCUT2D eigenvalue weighted by Gasteiger charge is 2.29. The van der Waals surface area contributed by atoms with Crippen molar-refractivity contribution in [1.29, 1.82) is 0 Å². The first-order valence-corrected chi connectivity index (χ1v) is 8.88. The molecule has 0 aliphatic carbocycles. The molecule has 2 aliphatic rings. The van der Waals surface area contributed by atoms with Crippen LogP contribution in [0.2, 0.25) is 6.32 Å². The van der Waals surface area contributed by atoms with Gasteiger partial charge in [0.25, 0.3) is 0 Å². The number of nitrogens with zero attached hydrogens (tertiary/aromatic N) is 1. The lowest BCUT2D eigenvalue weighted by atomic mass is 9.85. The number of hydrogen-bond acceptors (Lipinski definition) is 2. The Morgan fingerprint density at radius 2 is 1.86 bits per heavy atom. The van der Waals surface area contributed by atoms with E-state index in [9.17, 15) is 0 Å². The zero-order valence-electron chi connectivity index (χ0n) is 14.2. The second-order valence-corrected chi connectivity index (χ2v) is 7.32. The van der Waals surface area contributed by atoms with Gasteiger partial charge in [-0.25, -0.2) is 0 Å². The molecule has 0 amide bonds. The van der Waals surface area contributed by atoms with Gasteiger partial charge in [-0.15, -0.1) is 0 Å². The standard InChI is InChI=1S/C19H29BN2/c1-14-15(2)19(4-3-18(14)5-7-20)9-17-12-22(13-17)11-16-6-8-21-10-16/h3-4,16-17,21H,5-13H2,1-2H3. The summed E-state index contributed by atoms with van der Waals surface area (Å²) in [6.45, 7) is 10.9. The molecule has 0 spiro atoms. The molecule has 3 rings (SSSR count). The van der Waals surface area contributed by atoms with Gasteiger partial charge in [-0.1, -0.05) is 18.5 Å². The molecule has 2 aliphatic heterocycles. The van der Waals surface area contributed by atoms with Crippen LogP contribution in [-0.2, 0) is 12.8 Å². The number of hydrogen-bond donors (Lipinski definition) is 1. The van der Waals surface area contributed by atoms with Crippen molar-refractivity contribution in [3.63, 3.8) is 0 Å². The van der Waals surface area contributed by atoms with Crippen LogP contribution in [0.4, 0.5) is 0 Å². The smallest absolute Gasteiger partial charge is 0.0657 e. The molecule has 1 unspecified atom stereocenters. The van der Waals surface area contributed by atoms with E-state index in [1.54, 1.807) is 5.56 Å². The molecule has 2 fully saturated rings. The third-order valence-electron chi connectivity index (χ3n) is 5.65. The Bertz CT molecular complexity index is 502. The van der Waals surface area contributed by atoms with Crippen LogP contribution in [-0.4, -0.2) is 45.5 Å². The predicted molar refractivity (Wildman–Crippen MR) is 94.8 cm³/mol. The van der Waals surface area contributed by atoms with Crippen LogP contribution >= 0.6 is 0 Å². The predicted octanol–water partition coefficient (Wildman–Crippen LogP) is 2.52. The monoisotopic (exact) mass is 296 g/mol. The van der Waals surface area contributed by atoms with Gasteiger partial charge in [0.15, 0.2) is 0 Å². The fraction of sp³-hybridized carbons (Fsp3) is 0.684. The van der Waals surface area contributed by atoms with Crippen molar-refractivity contribution in [1.82, 2.24) is 10.2 Å².